The zero-order valence-electron chi connectivity index (χ0n) is 10.4. The standard InChI is InChI=1S/C14H17NO3/c1-10-6-7-11(8-9-13(16)17)14(18)15(10)12-4-2-3-5-12/h6-9,12H,2-5H2,1H3,(H,16,17)/b9-8+. The van der Waals surface area contributed by atoms with E-state index in [2.05, 4.69) is 0 Å². The second-order valence-corrected chi connectivity index (χ2v) is 4.72. The van der Waals surface area contributed by atoms with Crippen LogP contribution in [0.3, 0.4) is 0 Å². The van der Waals surface area contributed by atoms with Gasteiger partial charge in [0, 0.05) is 23.4 Å². The first-order chi connectivity index (χ1) is 8.59. The van der Waals surface area contributed by atoms with Crippen molar-refractivity contribution < 1.29 is 9.90 Å². The molecule has 1 aliphatic rings. The number of aryl methyl sites for hydroxylation is 1. The molecule has 1 fully saturated rings. The van der Waals surface area contributed by atoms with E-state index in [0.29, 0.717) is 5.56 Å². The van der Waals surface area contributed by atoms with Crippen LogP contribution in [-0.4, -0.2) is 15.6 Å². The Hall–Kier alpha value is -1.84. The van der Waals surface area contributed by atoms with E-state index < -0.39 is 5.97 Å². The summed E-state index contributed by atoms with van der Waals surface area (Å²) in [6, 6.07) is 3.83. The van der Waals surface area contributed by atoms with Crippen LogP contribution in [0.2, 0.25) is 0 Å². The van der Waals surface area contributed by atoms with Gasteiger partial charge in [0.05, 0.1) is 0 Å². The Kier molecular flexibility index (Phi) is 3.65. The molecule has 0 aliphatic heterocycles. The fourth-order valence-corrected chi connectivity index (χ4v) is 2.57. The minimum absolute atomic E-state index is 0.0839. The average Bonchev–Trinajstić information content (AvgIpc) is 2.81. The number of rotatable bonds is 3. The third-order valence-corrected chi connectivity index (χ3v) is 3.45. The van der Waals surface area contributed by atoms with Crippen LogP contribution in [0.4, 0.5) is 0 Å². The number of hydrogen-bond donors (Lipinski definition) is 1. The van der Waals surface area contributed by atoms with Gasteiger partial charge in [-0.15, -0.1) is 0 Å². The van der Waals surface area contributed by atoms with Gasteiger partial charge in [-0.25, -0.2) is 4.79 Å². The first-order valence-electron chi connectivity index (χ1n) is 6.23. The number of aromatic nitrogens is 1. The molecule has 18 heavy (non-hydrogen) atoms. The highest BCUT2D eigenvalue weighted by Crippen LogP contribution is 2.29. The highest BCUT2D eigenvalue weighted by atomic mass is 16.4. The normalized spacial score (nSPS) is 16.5. The highest BCUT2D eigenvalue weighted by Gasteiger charge is 2.19. The van der Waals surface area contributed by atoms with Crippen LogP contribution in [-0.2, 0) is 4.79 Å². The van der Waals surface area contributed by atoms with E-state index in [9.17, 15) is 9.59 Å². The molecule has 0 aromatic carbocycles. The Bertz CT molecular complexity index is 536. The monoisotopic (exact) mass is 247 g/mol. The first kappa shape index (κ1) is 12.6. The van der Waals surface area contributed by atoms with E-state index >= 15 is 0 Å². The summed E-state index contributed by atoms with van der Waals surface area (Å²) in [5.41, 5.74) is 1.30. The largest absolute Gasteiger partial charge is 0.478 e. The second kappa shape index (κ2) is 5.21. The molecule has 4 heteroatoms. The lowest BCUT2D eigenvalue weighted by Gasteiger charge is -2.17. The lowest BCUT2D eigenvalue weighted by molar-refractivity contribution is -0.131. The Morgan fingerprint density at radius 1 is 1.39 bits per heavy atom. The Morgan fingerprint density at radius 2 is 2.06 bits per heavy atom. The molecule has 96 valence electrons. The summed E-state index contributed by atoms with van der Waals surface area (Å²) in [4.78, 5) is 22.8. The highest BCUT2D eigenvalue weighted by molar-refractivity contribution is 5.85. The molecule has 0 radical (unpaired) electrons. The quantitative estimate of drug-likeness (QED) is 0.834. The van der Waals surface area contributed by atoms with Gasteiger partial charge in [0.1, 0.15) is 0 Å². The lowest BCUT2D eigenvalue weighted by Crippen LogP contribution is -2.27. The lowest BCUT2D eigenvalue weighted by atomic mass is 10.1. The zero-order valence-corrected chi connectivity index (χ0v) is 10.4. The summed E-state index contributed by atoms with van der Waals surface area (Å²) in [7, 11) is 0. The molecule has 0 spiro atoms. The van der Waals surface area contributed by atoms with Gasteiger partial charge in [-0.2, -0.15) is 0 Å². The van der Waals surface area contributed by atoms with E-state index in [-0.39, 0.29) is 11.6 Å². The smallest absolute Gasteiger partial charge is 0.328 e. The fraction of sp³-hybridized carbons (Fsp3) is 0.429. The average molecular weight is 247 g/mol. The van der Waals surface area contributed by atoms with Crippen molar-refractivity contribution in [1.82, 2.24) is 4.57 Å². The minimum atomic E-state index is -1.04. The van der Waals surface area contributed by atoms with Crippen LogP contribution in [0, 0.1) is 6.92 Å². The summed E-state index contributed by atoms with van der Waals surface area (Å²) in [6.07, 6.45) is 6.76. The third kappa shape index (κ3) is 2.53. The van der Waals surface area contributed by atoms with E-state index in [1.165, 1.54) is 6.08 Å². The molecule has 1 saturated carbocycles. The van der Waals surface area contributed by atoms with Crippen LogP contribution in [0.25, 0.3) is 6.08 Å². The molecule has 1 aliphatic carbocycles. The number of carboxylic acid groups (broad SMARTS) is 1. The van der Waals surface area contributed by atoms with Crippen LogP contribution in [0.5, 0.6) is 0 Å². The molecule has 2 rings (SSSR count). The van der Waals surface area contributed by atoms with Crippen molar-refractivity contribution >= 4 is 12.0 Å². The summed E-state index contributed by atoms with van der Waals surface area (Å²) in [6.45, 7) is 1.92. The summed E-state index contributed by atoms with van der Waals surface area (Å²) in [5.74, 6) is -1.04. The van der Waals surface area contributed by atoms with Crippen molar-refractivity contribution in [3.8, 4) is 0 Å². The van der Waals surface area contributed by atoms with Gasteiger partial charge < -0.3 is 9.67 Å². The Balaban J connectivity index is 2.42. The van der Waals surface area contributed by atoms with Gasteiger partial charge in [-0.05, 0) is 38.0 Å². The van der Waals surface area contributed by atoms with E-state index in [1.54, 1.807) is 6.07 Å². The molecule has 0 unspecified atom stereocenters. The van der Waals surface area contributed by atoms with Gasteiger partial charge in [0.15, 0.2) is 0 Å². The van der Waals surface area contributed by atoms with E-state index in [4.69, 9.17) is 5.11 Å². The molecular formula is C14H17NO3. The molecule has 1 heterocycles. The van der Waals surface area contributed by atoms with Gasteiger partial charge in [0.25, 0.3) is 5.56 Å². The van der Waals surface area contributed by atoms with Crippen LogP contribution in [0.15, 0.2) is 23.0 Å². The third-order valence-electron chi connectivity index (χ3n) is 3.45. The van der Waals surface area contributed by atoms with Crippen molar-refractivity contribution in [1.29, 1.82) is 0 Å². The van der Waals surface area contributed by atoms with Crippen molar-refractivity contribution in [2.75, 3.05) is 0 Å². The number of hydrogen-bond acceptors (Lipinski definition) is 2. The number of carboxylic acids is 1. The summed E-state index contributed by atoms with van der Waals surface area (Å²) < 4.78 is 1.81. The maximum Gasteiger partial charge on any atom is 0.328 e. The SMILES string of the molecule is Cc1ccc(/C=C/C(=O)O)c(=O)n1C1CCCC1. The number of carbonyl (C=O) groups is 1. The van der Waals surface area contributed by atoms with Crippen LogP contribution < -0.4 is 5.56 Å². The summed E-state index contributed by atoms with van der Waals surface area (Å²) in [5, 5.41) is 8.61. The number of nitrogens with zero attached hydrogens (tertiary/aromatic N) is 1. The van der Waals surface area contributed by atoms with Crippen LogP contribution in [0.1, 0.15) is 43.0 Å². The molecule has 0 saturated heterocycles. The zero-order chi connectivity index (χ0) is 13.1. The summed E-state index contributed by atoms with van der Waals surface area (Å²) >= 11 is 0. The molecule has 0 atom stereocenters. The number of aliphatic carboxylic acids is 1. The fourth-order valence-electron chi connectivity index (χ4n) is 2.57. The maximum absolute atomic E-state index is 12.3. The predicted molar refractivity (Wildman–Crippen MR) is 69.6 cm³/mol. The van der Waals surface area contributed by atoms with E-state index in [1.807, 2.05) is 17.6 Å². The molecule has 4 nitrogen and oxygen atoms in total. The van der Waals surface area contributed by atoms with Crippen molar-refractivity contribution in [2.45, 2.75) is 38.6 Å². The maximum atomic E-state index is 12.3. The molecule has 1 aromatic heterocycles. The molecule has 1 aromatic rings. The molecule has 1 N–H and O–H groups in total. The van der Waals surface area contributed by atoms with Gasteiger partial charge in [-0.1, -0.05) is 12.8 Å². The second-order valence-electron chi connectivity index (χ2n) is 4.72. The molecule has 0 amide bonds. The topological polar surface area (TPSA) is 59.3 Å². The molecule has 0 bridgehead atoms. The minimum Gasteiger partial charge on any atom is -0.478 e. The van der Waals surface area contributed by atoms with Gasteiger partial charge in [0.2, 0.25) is 0 Å². The van der Waals surface area contributed by atoms with Crippen molar-refractivity contribution in [2.24, 2.45) is 0 Å². The van der Waals surface area contributed by atoms with Gasteiger partial charge in [-0.3, -0.25) is 4.79 Å². The van der Waals surface area contributed by atoms with Crippen molar-refractivity contribution in [3.05, 3.63) is 39.8 Å². The number of pyridine rings is 1. The van der Waals surface area contributed by atoms with E-state index in [0.717, 1.165) is 37.5 Å². The first-order valence-corrected chi connectivity index (χ1v) is 6.23. The van der Waals surface area contributed by atoms with Crippen LogP contribution >= 0.6 is 0 Å². The predicted octanol–water partition coefficient (Wildman–Crippen LogP) is 2.37. The van der Waals surface area contributed by atoms with Crippen molar-refractivity contribution in [3.63, 3.8) is 0 Å². The van der Waals surface area contributed by atoms with Gasteiger partial charge >= 0.3 is 5.97 Å². The Labute approximate surface area is 106 Å². The molecular weight excluding hydrogens is 230 g/mol. The Morgan fingerprint density at radius 3 is 2.67 bits per heavy atom.